The Morgan fingerprint density at radius 2 is 1.50 bits per heavy atom. The Morgan fingerprint density at radius 3 is 2.04 bits per heavy atom. The second-order valence-corrected chi connectivity index (χ2v) is 8.03. The van der Waals surface area contributed by atoms with Crippen molar-refractivity contribution in [1.29, 1.82) is 0 Å². The Morgan fingerprint density at radius 1 is 0.923 bits per heavy atom. The molecule has 0 spiro atoms. The molecule has 0 heterocycles. The van der Waals surface area contributed by atoms with Crippen LogP contribution in [0, 0.1) is 0 Å². The van der Waals surface area contributed by atoms with Crippen molar-refractivity contribution in [2.45, 2.75) is 19.1 Å². The number of rotatable bonds is 7. The highest BCUT2D eigenvalue weighted by Crippen LogP contribution is 2.30. The highest BCUT2D eigenvalue weighted by Gasteiger charge is 2.16. The Bertz CT molecular complexity index is 877. The normalized spacial score (nSPS) is 11.1. The standard InChI is InChI=1S/C18H22N2O5S/c1-12(2)26(22,23)20-14-7-5-13(6-8-14)18(21)19-15-9-10-16(24-3)17(11-15)25-4/h5-12,20H,1-4H3,(H,19,21). The van der Waals surface area contributed by atoms with Crippen molar-refractivity contribution in [3.63, 3.8) is 0 Å². The average molecular weight is 378 g/mol. The predicted molar refractivity (Wildman–Crippen MR) is 102 cm³/mol. The zero-order chi connectivity index (χ0) is 19.3. The number of benzene rings is 2. The highest BCUT2D eigenvalue weighted by molar-refractivity contribution is 7.93. The number of hydrogen-bond acceptors (Lipinski definition) is 5. The smallest absolute Gasteiger partial charge is 0.255 e. The molecular weight excluding hydrogens is 356 g/mol. The third kappa shape index (κ3) is 4.66. The van der Waals surface area contributed by atoms with E-state index in [0.717, 1.165) is 0 Å². The van der Waals surface area contributed by atoms with E-state index in [0.29, 0.717) is 28.4 Å². The second-order valence-electron chi connectivity index (χ2n) is 5.80. The summed E-state index contributed by atoms with van der Waals surface area (Å²) in [5.41, 5.74) is 1.35. The average Bonchev–Trinajstić information content (AvgIpc) is 2.61. The Kier molecular flexibility index (Phi) is 6.10. The van der Waals surface area contributed by atoms with Crippen LogP contribution in [0.15, 0.2) is 42.5 Å². The van der Waals surface area contributed by atoms with Crippen molar-refractivity contribution in [2.75, 3.05) is 24.3 Å². The first-order valence-corrected chi connectivity index (χ1v) is 9.46. The van der Waals surface area contributed by atoms with Crippen molar-refractivity contribution in [3.8, 4) is 11.5 Å². The molecule has 0 aliphatic rings. The molecule has 0 aliphatic carbocycles. The minimum atomic E-state index is -3.42. The number of methoxy groups -OCH3 is 2. The third-order valence-corrected chi connectivity index (χ3v) is 5.43. The molecule has 0 aromatic heterocycles. The zero-order valence-electron chi connectivity index (χ0n) is 15.1. The predicted octanol–water partition coefficient (Wildman–Crippen LogP) is 3.11. The maximum atomic E-state index is 12.4. The maximum Gasteiger partial charge on any atom is 0.255 e. The summed E-state index contributed by atoms with van der Waals surface area (Å²) in [5, 5.41) is 2.21. The van der Waals surface area contributed by atoms with Gasteiger partial charge in [-0.15, -0.1) is 0 Å². The molecule has 2 N–H and O–H groups in total. The first-order chi connectivity index (χ1) is 12.3. The van der Waals surface area contributed by atoms with Gasteiger partial charge in [-0.1, -0.05) is 0 Å². The lowest BCUT2D eigenvalue weighted by Crippen LogP contribution is -2.22. The van der Waals surface area contributed by atoms with Gasteiger partial charge in [0.05, 0.1) is 19.5 Å². The number of hydrogen-bond donors (Lipinski definition) is 2. The molecule has 140 valence electrons. The Hall–Kier alpha value is -2.74. The van der Waals surface area contributed by atoms with Gasteiger partial charge in [-0.05, 0) is 50.2 Å². The number of ether oxygens (including phenoxy) is 2. The number of amides is 1. The van der Waals surface area contributed by atoms with Gasteiger partial charge >= 0.3 is 0 Å². The Labute approximate surface area is 153 Å². The van der Waals surface area contributed by atoms with Gasteiger partial charge in [0.15, 0.2) is 11.5 Å². The molecule has 0 bridgehead atoms. The van der Waals surface area contributed by atoms with E-state index in [-0.39, 0.29) is 5.91 Å². The van der Waals surface area contributed by atoms with Crippen molar-refractivity contribution in [2.24, 2.45) is 0 Å². The van der Waals surface area contributed by atoms with Gasteiger partial charge in [0, 0.05) is 23.0 Å². The summed E-state index contributed by atoms with van der Waals surface area (Å²) in [4.78, 5) is 12.4. The van der Waals surface area contributed by atoms with Crippen LogP contribution in [-0.4, -0.2) is 33.8 Å². The van der Waals surface area contributed by atoms with Gasteiger partial charge < -0.3 is 14.8 Å². The van der Waals surface area contributed by atoms with Gasteiger partial charge in [0.1, 0.15) is 0 Å². The first-order valence-electron chi connectivity index (χ1n) is 7.92. The quantitative estimate of drug-likeness (QED) is 0.772. The van der Waals surface area contributed by atoms with E-state index in [4.69, 9.17) is 9.47 Å². The molecule has 0 fully saturated rings. The van der Waals surface area contributed by atoms with Gasteiger partial charge in [-0.2, -0.15) is 0 Å². The number of sulfonamides is 1. The second kappa shape index (κ2) is 8.09. The summed E-state index contributed by atoms with van der Waals surface area (Å²) < 4.78 is 36.6. The SMILES string of the molecule is COc1ccc(NC(=O)c2ccc(NS(=O)(=O)C(C)C)cc2)cc1OC. The first kappa shape index (κ1) is 19.6. The highest BCUT2D eigenvalue weighted by atomic mass is 32.2. The zero-order valence-corrected chi connectivity index (χ0v) is 15.9. The lowest BCUT2D eigenvalue weighted by molar-refractivity contribution is 0.102. The molecule has 0 radical (unpaired) electrons. The lowest BCUT2D eigenvalue weighted by Gasteiger charge is -2.12. The monoisotopic (exact) mass is 378 g/mol. The number of carbonyl (C=O) groups excluding carboxylic acids is 1. The lowest BCUT2D eigenvalue weighted by atomic mass is 10.2. The van der Waals surface area contributed by atoms with Crippen molar-refractivity contribution in [1.82, 2.24) is 0 Å². The maximum absolute atomic E-state index is 12.4. The van der Waals surface area contributed by atoms with Crippen LogP contribution in [0.3, 0.4) is 0 Å². The molecule has 0 saturated heterocycles. The summed E-state index contributed by atoms with van der Waals surface area (Å²) >= 11 is 0. The molecule has 0 unspecified atom stereocenters. The molecule has 26 heavy (non-hydrogen) atoms. The largest absolute Gasteiger partial charge is 0.493 e. The van der Waals surface area contributed by atoms with Crippen LogP contribution in [0.25, 0.3) is 0 Å². The molecule has 2 rings (SSSR count). The molecule has 2 aromatic rings. The number of anilines is 2. The van der Waals surface area contributed by atoms with Crippen molar-refractivity contribution >= 4 is 27.3 Å². The summed E-state index contributed by atoms with van der Waals surface area (Å²) in [6.07, 6.45) is 0. The summed E-state index contributed by atoms with van der Waals surface area (Å²) in [7, 11) is -0.376. The van der Waals surface area contributed by atoms with Crippen LogP contribution >= 0.6 is 0 Å². The van der Waals surface area contributed by atoms with Gasteiger partial charge in [0.2, 0.25) is 10.0 Å². The van der Waals surface area contributed by atoms with Crippen LogP contribution in [0.1, 0.15) is 24.2 Å². The fraction of sp³-hybridized carbons (Fsp3) is 0.278. The van der Waals surface area contributed by atoms with E-state index in [1.807, 2.05) is 0 Å². The van der Waals surface area contributed by atoms with E-state index in [9.17, 15) is 13.2 Å². The van der Waals surface area contributed by atoms with Crippen molar-refractivity contribution < 1.29 is 22.7 Å². The van der Waals surface area contributed by atoms with Gasteiger partial charge in [0.25, 0.3) is 5.91 Å². The number of carbonyl (C=O) groups is 1. The van der Waals surface area contributed by atoms with Crippen LogP contribution < -0.4 is 19.5 Å². The van der Waals surface area contributed by atoms with E-state index in [1.54, 1.807) is 56.3 Å². The minimum Gasteiger partial charge on any atom is -0.493 e. The van der Waals surface area contributed by atoms with E-state index < -0.39 is 15.3 Å². The fourth-order valence-corrected chi connectivity index (χ4v) is 2.79. The minimum absolute atomic E-state index is 0.324. The molecule has 7 nitrogen and oxygen atoms in total. The fourth-order valence-electron chi connectivity index (χ4n) is 2.09. The van der Waals surface area contributed by atoms with Crippen LogP contribution in [-0.2, 0) is 10.0 Å². The number of nitrogens with one attached hydrogen (secondary N) is 2. The summed E-state index contributed by atoms with van der Waals surface area (Å²) in [6.45, 7) is 3.18. The van der Waals surface area contributed by atoms with Crippen LogP contribution in [0.2, 0.25) is 0 Å². The topological polar surface area (TPSA) is 93.7 Å². The third-order valence-electron chi connectivity index (χ3n) is 3.67. The van der Waals surface area contributed by atoms with Gasteiger partial charge in [-0.25, -0.2) is 8.42 Å². The summed E-state index contributed by atoms with van der Waals surface area (Å²) in [5.74, 6) is 0.742. The molecule has 2 aromatic carbocycles. The molecule has 0 aliphatic heterocycles. The van der Waals surface area contributed by atoms with Crippen LogP contribution in [0.4, 0.5) is 11.4 Å². The van der Waals surface area contributed by atoms with E-state index in [2.05, 4.69) is 10.0 Å². The van der Waals surface area contributed by atoms with E-state index in [1.165, 1.54) is 14.2 Å². The molecule has 1 amide bonds. The molecule has 0 atom stereocenters. The molecule has 0 saturated carbocycles. The van der Waals surface area contributed by atoms with Crippen molar-refractivity contribution in [3.05, 3.63) is 48.0 Å². The van der Waals surface area contributed by atoms with E-state index >= 15 is 0 Å². The van der Waals surface area contributed by atoms with Gasteiger partial charge in [-0.3, -0.25) is 9.52 Å². The summed E-state index contributed by atoms with van der Waals surface area (Å²) in [6, 6.07) is 11.2. The molecular formula is C18H22N2O5S. The Balaban J connectivity index is 2.11. The van der Waals surface area contributed by atoms with Crippen LogP contribution in [0.5, 0.6) is 11.5 Å². The molecule has 8 heteroatoms.